The Balaban J connectivity index is 1.63. The normalized spacial score (nSPS) is 15.4. The standard InChI is InChI=1S/C16H17FN2O3/c1-10(18-16(20)14-6-7-22-19-14)12-4-5-15(13(17)8-12)21-9-11-2-3-11/h4-8,10-11H,2-3,9H2,1H3,(H,18,20). The van der Waals surface area contributed by atoms with Crippen LogP contribution in [0.15, 0.2) is 35.1 Å². The molecule has 1 amide bonds. The molecule has 0 aliphatic heterocycles. The summed E-state index contributed by atoms with van der Waals surface area (Å²) in [6.07, 6.45) is 3.64. The summed E-state index contributed by atoms with van der Waals surface area (Å²) in [6, 6.07) is 5.86. The van der Waals surface area contributed by atoms with Crippen molar-refractivity contribution in [2.45, 2.75) is 25.8 Å². The van der Waals surface area contributed by atoms with Gasteiger partial charge < -0.3 is 14.6 Å². The first-order valence-corrected chi connectivity index (χ1v) is 7.27. The summed E-state index contributed by atoms with van der Waals surface area (Å²) in [5, 5.41) is 6.30. The fourth-order valence-electron chi connectivity index (χ4n) is 2.08. The third-order valence-corrected chi connectivity index (χ3v) is 3.65. The van der Waals surface area contributed by atoms with Gasteiger partial charge in [0.25, 0.3) is 5.91 Å². The van der Waals surface area contributed by atoms with Crippen LogP contribution in [0.4, 0.5) is 4.39 Å². The summed E-state index contributed by atoms with van der Waals surface area (Å²) in [5.41, 5.74) is 0.852. The minimum Gasteiger partial charge on any atom is -0.490 e. The van der Waals surface area contributed by atoms with Crippen LogP contribution in [0.2, 0.25) is 0 Å². The fourth-order valence-corrected chi connectivity index (χ4v) is 2.08. The van der Waals surface area contributed by atoms with Gasteiger partial charge in [-0.3, -0.25) is 4.79 Å². The number of nitrogens with one attached hydrogen (secondary N) is 1. The molecule has 0 spiro atoms. The first kappa shape index (κ1) is 14.6. The van der Waals surface area contributed by atoms with Gasteiger partial charge in [0.1, 0.15) is 6.26 Å². The minimum absolute atomic E-state index is 0.191. The van der Waals surface area contributed by atoms with Crippen LogP contribution in [0.3, 0.4) is 0 Å². The lowest BCUT2D eigenvalue weighted by atomic mass is 10.1. The Hall–Kier alpha value is -2.37. The van der Waals surface area contributed by atoms with E-state index in [1.54, 1.807) is 19.1 Å². The lowest BCUT2D eigenvalue weighted by molar-refractivity contribution is 0.0930. The number of nitrogens with zero attached hydrogens (tertiary/aromatic N) is 1. The van der Waals surface area contributed by atoms with Crippen molar-refractivity contribution in [3.63, 3.8) is 0 Å². The molecule has 1 aliphatic rings. The third kappa shape index (κ3) is 3.44. The molecule has 3 rings (SSSR count). The van der Waals surface area contributed by atoms with Crippen molar-refractivity contribution >= 4 is 5.91 Å². The van der Waals surface area contributed by atoms with Crippen LogP contribution in [0, 0.1) is 11.7 Å². The highest BCUT2D eigenvalue weighted by Crippen LogP contribution is 2.30. The number of carbonyl (C=O) groups is 1. The van der Waals surface area contributed by atoms with Crippen LogP contribution in [-0.4, -0.2) is 17.7 Å². The number of hydrogen-bond acceptors (Lipinski definition) is 4. The average molecular weight is 304 g/mol. The molecule has 1 atom stereocenters. The number of ether oxygens (including phenoxy) is 1. The molecule has 1 aromatic heterocycles. The Morgan fingerprint density at radius 1 is 1.50 bits per heavy atom. The van der Waals surface area contributed by atoms with Gasteiger partial charge in [-0.05, 0) is 43.4 Å². The summed E-state index contributed by atoms with van der Waals surface area (Å²) < 4.78 is 24.1. The quantitative estimate of drug-likeness (QED) is 0.890. The number of halogens is 1. The predicted molar refractivity (Wildman–Crippen MR) is 77.0 cm³/mol. The summed E-state index contributed by atoms with van der Waals surface area (Å²) in [5.74, 6) is 0.0434. The lowest BCUT2D eigenvalue weighted by Gasteiger charge is -2.15. The fraction of sp³-hybridized carbons (Fsp3) is 0.375. The summed E-state index contributed by atoms with van der Waals surface area (Å²) in [6.45, 7) is 2.34. The van der Waals surface area contributed by atoms with Gasteiger partial charge in [-0.25, -0.2) is 4.39 Å². The number of rotatable bonds is 6. The Kier molecular flexibility index (Phi) is 4.09. The van der Waals surface area contributed by atoms with Gasteiger partial charge in [0, 0.05) is 6.07 Å². The molecule has 1 aliphatic carbocycles. The maximum atomic E-state index is 14.0. The van der Waals surface area contributed by atoms with Crippen LogP contribution >= 0.6 is 0 Å². The van der Waals surface area contributed by atoms with Gasteiger partial charge in [-0.1, -0.05) is 11.2 Å². The lowest BCUT2D eigenvalue weighted by Crippen LogP contribution is -2.26. The molecule has 1 aromatic carbocycles. The smallest absolute Gasteiger partial charge is 0.273 e. The maximum Gasteiger partial charge on any atom is 0.273 e. The van der Waals surface area contributed by atoms with Gasteiger partial charge in [-0.2, -0.15) is 0 Å². The van der Waals surface area contributed by atoms with Crippen molar-refractivity contribution < 1.29 is 18.4 Å². The van der Waals surface area contributed by atoms with E-state index in [1.807, 2.05) is 0 Å². The van der Waals surface area contributed by atoms with E-state index in [9.17, 15) is 9.18 Å². The number of hydrogen-bond donors (Lipinski definition) is 1. The first-order valence-electron chi connectivity index (χ1n) is 7.27. The molecule has 5 nitrogen and oxygen atoms in total. The van der Waals surface area contributed by atoms with Crippen molar-refractivity contribution in [2.75, 3.05) is 6.61 Å². The van der Waals surface area contributed by atoms with Gasteiger partial charge in [0.05, 0.1) is 12.6 Å². The average Bonchev–Trinajstić information content (AvgIpc) is 3.16. The third-order valence-electron chi connectivity index (χ3n) is 3.65. The van der Waals surface area contributed by atoms with Gasteiger partial charge in [0.15, 0.2) is 17.3 Å². The van der Waals surface area contributed by atoms with Crippen molar-refractivity contribution in [3.05, 3.63) is 47.6 Å². The van der Waals surface area contributed by atoms with Gasteiger partial charge in [0.2, 0.25) is 0 Å². The first-order chi connectivity index (χ1) is 10.6. The van der Waals surface area contributed by atoms with Crippen LogP contribution in [0.25, 0.3) is 0 Å². The molecule has 0 radical (unpaired) electrons. The topological polar surface area (TPSA) is 64.4 Å². The van der Waals surface area contributed by atoms with E-state index in [0.29, 0.717) is 18.1 Å². The van der Waals surface area contributed by atoms with Crippen molar-refractivity contribution in [2.24, 2.45) is 5.92 Å². The zero-order chi connectivity index (χ0) is 15.5. The van der Waals surface area contributed by atoms with E-state index >= 15 is 0 Å². The molecular formula is C16H17FN2O3. The molecule has 0 saturated heterocycles. The number of aromatic nitrogens is 1. The Morgan fingerprint density at radius 2 is 2.32 bits per heavy atom. The van der Waals surface area contributed by atoms with Gasteiger partial charge in [-0.15, -0.1) is 0 Å². The van der Waals surface area contributed by atoms with Gasteiger partial charge >= 0.3 is 0 Å². The van der Waals surface area contributed by atoms with Crippen LogP contribution < -0.4 is 10.1 Å². The second-order valence-electron chi connectivity index (χ2n) is 5.52. The summed E-state index contributed by atoms with van der Waals surface area (Å²) in [7, 11) is 0. The second-order valence-corrected chi connectivity index (χ2v) is 5.52. The molecule has 1 heterocycles. The number of benzene rings is 1. The second kappa shape index (κ2) is 6.17. The van der Waals surface area contributed by atoms with Crippen LogP contribution in [0.1, 0.15) is 41.9 Å². The summed E-state index contributed by atoms with van der Waals surface area (Å²) in [4.78, 5) is 11.9. The van der Waals surface area contributed by atoms with Crippen molar-refractivity contribution in [1.29, 1.82) is 0 Å². The largest absolute Gasteiger partial charge is 0.490 e. The SMILES string of the molecule is CC(NC(=O)c1ccon1)c1ccc(OCC2CC2)c(F)c1. The van der Waals surface area contributed by atoms with E-state index in [2.05, 4.69) is 15.0 Å². The highest BCUT2D eigenvalue weighted by Gasteiger charge is 2.22. The Bertz CT molecular complexity index is 653. The van der Waals surface area contributed by atoms with E-state index in [4.69, 9.17) is 4.74 Å². The van der Waals surface area contributed by atoms with Crippen LogP contribution in [-0.2, 0) is 0 Å². The molecule has 2 aromatic rings. The molecule has 116 valence electrons. The highest BCUT2D eigenvalue weighted by molar-refractivity contribution is 5.92. The summed E-state index contributed by atoms with van der Waals surface area (Å²) >= 11 is 0. The highest BCUT2D eigenvalue weighted by atomic mass is 19.1. The van der Waals surface area contributed by atoms with Crippen molar-refractivity contribution in [3.8, 4) is 5.75 Å². The molecule has 0 bridgehead atoms. The molecule has 22 heavy (non-hydrogen) atoms. The van der Waals surface area contributed by atoms with E-state index in [-0.39, 0.29) is 23.4 Å². The molecular weight excluding hydrogens is 287 g/mol. The van der Waals surface area contributed by atoms with Crippen molar-refractivity contribution in [1.82, 2.24) is 10.5 Å². The predicted octanol–water partition coefficient (Wildman–Crippen LogP) is 3.09. The van der Waals surface area contributed by atoms with Crippen LogP contribution in [0.5, 0.6) is 5.75 Å². The minimum atomic E-state index is -0.416. The number of carbonyl (C=O) groups excluding carboxylic acids is 1. The van der Waals surface area contributed by atoms with E-state index < -0.39 is 5.82 Å². The number of amides is 1. The molecule has 6 heteroatoms. The van der Waals surface area contributed by atoms with E-state index in [0.717, 1.165) is 12.8 Å². The molecule has 1 fully saturated rings. The molecule has 1 unspecified atom stereocenters. The molecule has 1 N–H and O–H groups in total. The zero-order valence-electron chi connectivity index (χ0n) is 12.2. The Labute approximate surface area is 127 Å². The zero-order valence-corrected chi connectivity index (χ0v) is 12.2. The monoisotopic (exact) mass is 304 g/mol. The Morgan fingerprint density at radius 3 is 2.95 bits per heavy atom. The van der Waals surface area contributed by atoms with E-state index in [1.165, 1.54) is 18.4 Å². The molecule has 1 saturated carbocycles. The maximum absolute atomic E-state index is 14.0.